The Morgan fingerprint density at radius 1 is 1.17 bits per heavy atom. The van der Waals surface area contributed by atoms with Crippen molar-refractivity contribution < 1.29 is 23.8 Å². The Bertz CT molecular complexity index is 1390. The number of hydrogen-bond acceptors (Lipinski definition) is 7. The van der Waals surface area contributed by atoms with Crippen LogP contribution in [0.25, 0.3) is 11.0 Å². The van der Waals surface area contributed by atoms with Crippen LogP contribution in [0.3, 0.4) is 0 Å². The molecule has 0 unspecified atom stereocenters. The number of carboxylic acids is 1. The number of likely N-dealkylation sites (tertiary alicyclic amines) is 1. The van der Waals surface area contributed by atoms with Gasteiger partial charge in [-0.15, -0.1) is 0 Å². The lowest BCUT2D eigenvalue weighted by molar-refractivity contribution is 0.0697. The van der Waals surface area contributed by atoms with Crippen LogP contribution in [0.4, 0.5) is 4.39 Å². The topological polar surface area (TPSA) is 113 Å². The second-order valence-electron chi connectivity index (χ2n) is 8.49. The Labute approximate surface area is 210 Å². The number of fused-ring (bicyclic) bond motifs is 1. The highest BCUT2D eigenvalue weighted by Gasteiger charge is 2.22. The van der Waals surface area contributed by atoms with E-state index < -0.39 is 11.8 Å². The summed E-state index contributed by atoms with van der Waals surface area (Å²) in [6, 6.07) is 10.5. The summed E-state index contributed by atoms with van der Waals surface area (Å²) in [7, 11) is 0. The number of H-pyrrole nitrogens is 1. The predicted molar refractivity (Wildman–Crippen MR) is 130 cm³/mol. The highest BCUT2D eigenvalue weighted by molar-refractivity contribution is 6.32. The SMILES string of the molecule is O=C(O)c1ccc2nc(CN3CCC(Oc4ccnc(COc5ccc(F)cc5Cl)n4)CC3)[nH]c2c1. The normalized spacial score (nSPS) is 14.7. The van der Waals surface area contributed by atoms with Gasteiger partial charge in [0.1, 0.15) is 30.1 Å². The fourth-order valence-electron chi connectivity index (χ4n) is 4.09. The first-order valence-corrected chi connectivity index (χ1v) is 11.8. The zero-order chi connectivity index (χ0) is 25.1. The molecule has 11 heteroatoms. The molecular formula is C25H23ClFN5O4. The van der Waals surface area contributed by atoms with Gasteiger partial charge in [0.15, 0.2) is 5.82 Å². The molecule has 0 radical (unpaired) electrons. The van der Waals surface area contributed by atoms with Crippen molar-refractivity contribution in [3.8, 4) is 11.6 Å². The Morgan fingerprint density at radius 2 is 2.00 bits per heavy atom. The summed E-state index contributed by atoms with van der Waals surface area (Å²) in [6.45, 7) is 2.37. The first-order chi connectivity index (χ1) is 17.4. The van der Waals surface area contributed by atoms with Crippen molar-refractivity contribution >= 4 is 28.6 Å². The molecule has 5 rings (SSSR count). The number of rotatable bonds is 8. The van der Waals surface area contributed by atoms with Gasteiger partial charge in [-0.05, 0) is 49.2 Å². The van der Waals surface area contributed by atoms with Crippen molar-refractivity contribution in [3.63, 3.8) is 0 Å². The molecule has 2 aromatic carbocycles. The fourth-order valence-corrected chi connectivity index (χ4v) is 4.31. The van der Waals surface area contributed by atoms with E-state index in [-0.39, 0.29) is 23.3 Å². The molecule has 1 aliphatic heterocycles. The molecule has 1 saturated heterocycles. The maximum absolute atomic E-state index is 13.2. The van der Waals surface area contributed by atoms with Crippen LogP contribution in [0.1, 0.15) is 34.8 Å². The van der Waals surface area contributed by atoms with E-state index in [4.69, 9.17) is 26.2 Å². The van der Waals surface area contributed by atoms with Gasteiger partial charge >= 0.3 is 5.97 Å². The largest absolute Gasteiger partial charge is 0.484 e. The van der Waals surface area contributed by atoms with Gasteiger partial charge in [-0.25, -0.2) is 19.2 Å². The Balaban J connectivity index is 1.12. The number of ether oxygens (including phenoxy) is 2. The molecule has 0 spiro atoms. The van der Waals surface area contributed by atoms with E-state index in [2.05, 4.69) is 24.8 Å². The van der Waals surface area contributed by atoms with Crippen LogP contribution < -0.4 is 9.47 Å². The number of benzene rings is 2. The smallest absolute Gasteiger partial charge is 0.335 e. The van der Waals surface area contributed by atoms with Crippen LogP contribution in [0, 0.1) is 5.82 Å². The quantitative estimate of drug-likeness (QED) is 0.356. The molecule has 0 atom stereocenters. The summed E-state index contributed by atoms with van der Waals surface area (Å²) in [5, 5.41) is 9.35. The molecule has 3 heterocycles. The third-order valence-corrected chi connectivity index (χ3v) is 6.20. The average molecular weight is 512 g/mol. The summed E-state index contributed by atoms with van der Waals surface area (Å²) in [6.07, 6.45) is 3.28. The van der Waals surface area contributed by atoms with Gasteiger partial charge < -0.3 is 19.6 Å². The molecule has 9 nitrogen and oxygen atoms in total. The molecule has 0 bridgehead atoms. The minimum absolute atomic E-state index is 0.0188. The summed E-state index contributed by atoms with van der Waals surface area (Å²) in [4.78, 5) is 29.9. The molecule has 4 aromatic rings. The number of carboxylic acid groups (broad SMARTS) is 1. The third kappa shape index (κ3) is 5.72. The van der Waals surface area contributed by atoms with Crippen LogP contribution in [-0.2, 0) is 13.2 Å². The van der Waals surface area contributed by atoms with Gasteiger partial charge in [0.05, 0.1) is 28.2 Å². The maximum Gasteiger partial charge on any atom is 0.335 e. The standard InChI is InChI=1S/C25H23ClFN5O4/c26-18-12-16(27)2-4-21(18)35-14-23-28-8-5-24(31-23)36-17-6-9-32(10-7-17)13-22-29-19-3-1-15(25(33)34)11-20(19)30-22/h1-5,8,11-12,17H,6-7,9-10,13-14H2,(H,29,30)(H,33,34). The molecule has 36 heavy (non-hydrogen) atoms. The molecule has 1 aliphatic rings. The molecule has 2 aromatic heterocycles. The molecule has 1 fully saturated rings. The molecular weight excluding hydrogens is 489 g/mol. The third-order valence-electron chi connectivity index (χ3n) is 5.90. The van der Waals surface area contributed by atoms with Crippen molar-refractivity contribution in [2.24, 2.45) is 0 Å². The second kappa shape index (κ2) is 10.5. The van der Waals surface area contributed by atoms with E-state index in [1.54, 1.807) is 30.5 Å². The van der Waals surface area contributed by atoms with E-state index in [1.807, 2.05) is 0 Å². The van der Waals surface area contributed by atoms with Gasteiger partial charge in [0.25, 0.3) is 0 Å². The summed E-state index contributed by atoms with van der Waals surface area (Å²) in [5.74, 6) is 0.661. The van der Waals surface area contributed by atoms with Crippen molar-refractivity contribution in [2.75, 3.05) is 13.1 Å². The number of hydrogen-bond donors (Lipinski definition) is 2. The van der Waals surface area contributed by atoms with Crippen LogP contribution >= 0.6 is 11.6 Å². The summed E-state index contributed by atoms with van der Waals surface area (Å²) < 4.78 is 24.9. The summed E-state index contributed by atoms with van der Waals surface area (Å²) in [5.41, 5.74) is 1.70. The number of imidazole rings is 1. The number of aromatic nitrogens is 4. The lowest BCUT2D eigenvalue weighted by Gasteiger charge is -2.31. The van der Waals surface area contributed by atoms with Gasteiger partial charge in [0, 0.05) is 25.4 Å². The maximum atomic E-state index is 13.2. The van der Waals surface area contributed by atoms with Gasteiger partial charge in [-0.1, -0.05) is 11.6 Å². The van der Waals surface area contributed by atoms with E-state index in [9.17, 15) is 9.18 Å². The monoisotopic (exact) mass is 511 g/mol. The average Bonchev–Trinajstić information content (AvgIpc) is 3.26. The van der Waals surface area contributed by atoms with Crippen LogP contribution in [-0.4, -0.2) is 55.1 Å². The number of nitrogens with zero attached hydrogens (tertiary/aromatic N) is 4. The zero-order valence-corrected chi connectivity index (χ0v) is 19.9. The van der Waals surface area contributed by atoms with Crippen molar-refractivity contribution in [2.45, 2.75) is 32.1 Å². The Morgan fingerprint density at radius 3 is 2.78 bits per heavy atom. The van der Waals surface area contributed by atoms with Gasteiger partial charge in [0.2, 0.25) is 5.88 Å². The predicted octanol–water partition coefficient (Wildman–Crippen LogP) is 4.47. The van der Waals surface area contributed by atoms with E-state index >= 15 is 0 Å². The number of piperidine rings is 1. The Kier molecular flexibility index (Phi) is 6.97. The number of nitrogens with one attached hydrogen (secondary N) is 1. The molecule has 0 amide bonds. The van der Waals surface area contributed by atoms with Crippen molar-refractivity contribution in [3.05, 3.63) is 76.7 Å². The lowest BCUT2D eigenvalue weighted by Crippen LogP contribution is -2.38. The number of carbonyl (C=O) groups is 1. The number of aromatic carboxylic acids is 1. The van der Waals surface area contributed by atoms with E-state index in [0.29, 0.717) is 29.5 Å². The highest BCUT2D eigenvalue weighted by Crippen LogP contribution is 2.26. The van der Waals surface area contributed by atoms with Crippen LogP contribution in [0.5, 0.6) is 11.6 Å². The number of halogens is 2. The van der Waals surface area contributed by atoms with Crippen molar-refractivity contribution in [1.82, 2.24) is 24.8 Å². The lowest BCUT2D eigenvalue weighted by atomic mass is 10.1. The molecule has 0 saturated carbocycles. The van der Waals surface area contributed by atoms with Gasteiger partial charge in [-0.2, -0.15) is 4.98 Å². The molecule has 2 N–H and O–H groups in total. The highest BCUT2D eigenvalue weighted by atomic mass is 35.5. The molecule has 0 aliphatic carbocycles. The van der Waals surface area contributed by atoms with Crippen LogP contribution in [0.15, 0.2) is 48.7 Å². The first-order valence-electron chi connectivity index (χ1n) is 11.4. The van der Waals surface area contributed by atoms with Crippen molar-refractivity contribution in [1.29, 1.82) is 0 Å². The zero-order valence-electron chi connectivity index (χ0n) is 19.2. The second-order valence-corrected chi connectivity index (χ2v) is 8.90. The minimum Gasteiger partial charge on any atom is -0.484 e. The number of aromatic amines is 1. The van der Waals surface area contributed by atoms with Gasteiger partial charge in [-0.3, -0.25) is 4.90 Å². The minimum atomic E-state index is -0.962. The first kappa shape index (κ1) is 24.0. The van der Waals surface area contributed by atoms with E-state index in [0.717, 1.165) is 37.3 Å². The summed E-state index contributed by atoms with van der Waals surface area (Å²) >= 11 is 6.00. The van der Waals surface area contributed by atoms with E-state index in [1.165, 1.54) is 18.2 Å². The van der Waals surface area contributed by atoms with Crippen LogP contribution in [0.2, 0.25) is 5.02 Å². The Hall–Kier alpha value is -3.76. The molecule has 186 valence electrons. The fraction of sp³-hybridized carbons (Fsp3) is 0.280.